The fraction of sp³-hybridized carbons (Fsp3) is 0.571. The van der Waals surface area contributed by atoms with Crippen molar-refractivity contribution >= 4 is 23.2 Å². The Balaban J connectivity index is 1.69. The first-order chi connectivity index (χ1) is 9.16. The second-order valence-electron chi connectivity index (χ2n) is 5.02. The van der Waals surface area contributed by atoms with E-state index in [1.54, 1.807) is 0 Å². The molecule has 0 unspecified atom stereocenters. The van der Waals surface area contributed by atoms with Crippen LogP contribution in [0.1, 0.15) is 5.56 Å². The van der Waals surface area contributed by atoms with Crippen molar-refractivity contribution in [3.05, 3.63) is 33.8 Å². The van der Waals surface area contributed by atoms with Crippen LogP contribution in [0.5, 0.6) is 0 Å². The molecule has 2 rings (SSSR count). The van der Waals surface area contributed by atoms with Gasteiger partial charge in [-0.3, -0.25) is 4.90 Å². The molecule has 5 heteroatoms. The maximum absolute atomic E-state index is 6.13. The van der Waals surface area contributed by atoms with Gasteiger partial charge in [0.15, 0.2) is 0 Å². The number of nitrogens with one attached hydrogen (secondary N) is 1. The first-order valence-electron chi connectivity index (χ1n) is 6.71. The highest BCUT2D eigenvalue weighted by Crippen LogP contribution is 2.23. The summed E-state index contributed by atoms with van der Waals surface area (Å²) in [6, 6.07) is 5.63. The second kappa shape index (κ2) is 7.46. The summed E-state index contributed by atoms with van der Waals surface area (Å²) < 4.78 is 0. The zero-order chi connectivity index (χ0) is 13.7. The van der Waals surface area contributed by atoms with Crippen LogP contribution < -0.4 is 5.32 Å². The summed E-state index contributed by atoms with van der Waals surface area (Å²) in [5.74, 6) is 0. The van der Waals surface area contributed by atoms with Crippen molar-refractivity contribution in [3.63, 3.8) is 0 Å². The summed E-state index contributed by atoms with van der Waals surface area (Å²) in [6.45, 7) is 7.41. The fourth-order valence-corrected chi connectivity index (χ4v) is 2.75. The number of halogens is 2. The van der Waals surface area contributed by atoms with Crippen LogP contribution in [0.4, 0.5) is 0 Å². The van der Waals surface area contributed by atoms with Gasteiger partial charge < -0.3 is 10.2 Å². The maximum atomic E-state index is 6.13. The van der Waals surface area contributed by atoms with E-state index in [0.29, 0.717) is 0 Å². The Bertz CT molecular complexity index is 383. The van der Waals surface area contributed by atoms with Crippen molar-refractivity contribution in [1.82, 2.24) is 15.1 Å². The van der Waals surface area contributed by atoms with Gasteiger partial charge in [0.1, 0.15) is 0 Å². The van der Waals surface area contributed by atoms with Gasteiger partial charge in [0.05, 0.1) is 0 Å². The summed E-state index contributed by atoms with van der Waals surface area (Å²) in [4.78, 5) is 4.86. The van der Waals surface area contributed by atoms with Gasteiger partial charge in [0.2, 0.25) is 0 Å². The molecule has 0 atom stereocenters. The van der Waals surface area contributed by atoms with Crippen LogP contribution in [0.2, 0.25) is 10.0 Å². The SMILES string of the molecule is CN1CCN(CCNCc2c(Cl)cccc2Cl)CC1. The minimum absolute atomic E-state index is 0.728. The van der Waals surface area contributed by atoms with E-state index in [4.69, 9.17) is 23.2 Å². The maximum Gasteiger partial charge on any atom is 0.0465 e. The Morgan fingerprint density at radius 1 is 1.11 bits per heavy atom. The van der Waals surface area contributed by atoms with Gasteiger partial charge in [-0.2, -0.15) is 0 Å². The Kier molecular flexibility index (Phi) is 5.92. The number of rotatable bonds is 5. The van der Waals surface area contributed by atoms with Crippen LogP contribution in [-0.4, -0.2) is 56.1 Å². The average Bonchev–Trinajstić information content (AvgIpc) is 2.39. The molecule has 1 saturated heterocycles. The lowest BCUT2D eigenvalue weighted by atomic mass is 10.2. The Morgan fingerprint density at radius 3 is 2.37 bits per heavy atom. The molecule has 1 heterocycles. The largest absolute Gasteiger partial charge is 0.311 e. The second-order valence-corrected chi connectivity index (χ2v) is 5.84. The molecular weight excluding hydrogens is 281 g/mol. The van der Waals surface area contributed by atoms with Gasteiger partial charge in [0.25, 0.3) is 0 Å². The van der Waals surface area contributed by atoms with Crippen LogP contribution in [-0.2, 0) is 6.54 Å². The molecule has 106 valence electrons. The smallest absolute Gasteiger partial charge is 0.0465 e. The molecule has 0 saturated carbocycles. The molecular formula is C14H21Cl2N3. The van der Waals surface area contributed by atoms with Crippen LogP contribution in [0.15, 0.2) is 18.2 Å². The lowest BCUT2D eigenvalue weighted by Gasteiger charge is -2.32. The van der Waals surface area contributed by atoms with Crippen molar-refractivity contribution in [2.45, 2.75) is 6.54 Å². The highest BCUT2D eigenvalue weighted by Gasteiger charge is 2.12. The minimum atomic E-state index is 0.728. The molecule has 1 aromatic rings. The molecule has 1 aromatic carbocycles. The topological polar surface area (TPSA) is 18.5 Å². The lowest BCUT2D eigenvalue weighted by Crippen LogP contribution is -2.46. The van der Waals surface area contributed by atoms with Crippen LogP contribution in [0.25, 0.3) is 0 Å². The average molecular weight is 302 g/mol. The summed E-state index contributed by atoms with van der Waals surface area (Å²) in [6.07, 6.45) is 0. The van der Waals surface area contributed by atoms with Crippen molar-refractivity contribution < 1.29 is 0 Å². The first kappa shape index (κ1) is 15.1. The number of benzene rings is 1. The van der Waals surface area contributed by atoms with Gasteiger partial charge in [-0.15, -0.1) is 0 Å². The number of nitrogens with zero attached hydrogens (tertiary/aromatic N) is 2. The lowest BCUT2D eigenvalue weighted by molar-refractivity contribution is 0.154. The molecule has 0 amide bonds. The van der Waals surface area contributed by atoms with E-state index in [9.17, 15) is 0 Å². The highest BCUT2D eigenvalue weighted by molar-refractivity contribution is 6.35. The van der Waals surface area contributed by atoms with Crippen molar-refractivity contribution in [1.29, 1.82) is 0 Å². The quantitative estimate of drug-likeness (QED) is 0.842. The third-order valence-corrected chi connectivity index (χ3v) is 4.27. The molecule has 0 spiro atoms. The Morgan fingerprint density at radius 2 is 1.74 bits per heavy atom. The number of hydrogen-bond donors (Lipinski definition) is 1. The number of likely N-dealkylation sites (N-methyl/N-ethyl adjacent to an activating group) is 1. The summed E-state index contributed by atoms with van der Waals surface area (Å²) in [5.41, 5.74) is 0.990. The molecule has 0 bridgehead atoms. The van der Waals surface area contributed by atoms with E-state index < -0.39 is 0 Å². The van der Waals surface area contributed by atoms with E-state index in [1.165, 1.54) is 0 Å². The van der Waals surface area contributed by atoms with Crippen molar-refractivity contribution in [2.75, 3.05) is 46.3 Å². The van der Waals surface area contributed by atoms with Crippen molar-refractivity contribution in [3.8, 4) is 0 Å². The van der Waals surface area contributed by atoms with Crippen LogP contribution in [0, 0.1) is 0 Å². The van der Waals surface area contributed by atoms with Gasteiger partial charge in [0, 0.05) is 61.4 Å². The van der Waals surface area contributed by atoms with Gasteiger partial charge in [-0.25, -0.2) is 0 Å². The van der Waals surface area contributed by atoms with Crippen molar-refractivity contribution in [2.24, 2.45) is 0 Å². The summed E-state index contributed by atoms with van der Waals surface area (Å²) in [5, 5.41) is 4.89. The molecule has 1 N–H and O–H groups in total. The van der Waals surface area contributed by atoms with Gasteiger partial charge >= 0.3 is 0 Å². The molecule has 0 aromatic heterocycles. The van der Waals surface area contributed by atoms with E-state index >= 15 is 0 Å². The molecule has 1 aliphatic rings. The van der Waals surface area contributed by atoms with Gasteiger partial charge in [-0.1, -0.05) is 29.3 Å². The number of piperazine rings is 1. The summed E-state index contributed by atoms with van der Waals surface area (Å²) in [7, 11) is 2.18. The summed E-state index contributed by atoms with van der Waals surface area (Å²) >= 11 is 12.3. The Hall–Kier alpha value is -0.320. The van der Waals surface area contributed by atoms with E-state index in [0.717, 1.165) is 61.4 Å². The van der Waals surface area contributed by atoms with Gasteiger partial charge in [-0.05, 0) is 19.2 Å². The monoisotopic (exact) mass is 301 g/mol. The zero-order valence-electron chi connectivity index (χ0n) is 11.3. The first-order valence-corrected chi connectivity index (χ1v) is 7.47. The molecule has 3 nitrogen and oxygen atoms in total. The number of hydrogen-bond acceptors (Lipinski definition) is 3. The minimum Gasteiger partial charge on any atom is -0.311 e. The predicted octanol–water partition coefficient (Wildman–Crippen LogP) is 2.33. The van der Waals surface area contributed by atoms with Crippen LogP contribution in [0.3, 0.4) is 0 Å². The van der Waals surface area contributed by atoms with E-state index in [2.05, 4.69) is 22.2 Å². The Labute approximate surface area is 125 Å². The molecule has 19 heavy (non-hydrogen) atoms. The zero-order valence-corrected chi connectivity index (χ0v) is 12.8. The third kappa shape index (κ3) is 4.62. The third-order valence-electron chi connectivity index (χ3n) is 3.56. The molecule has 0 radical (unpaired) electrons. The molecule has 1 aliphatic heterocycles. The normalized spacial score (nSPS) is 17.8. The van der Waals surface area contributed by atoms with E-state index in [-0.39, 0.29) is 0 Å². The molecule has 1 fully saturated rings. The van der Waals surface area contributed by atoms with E-state index in [1.807, 2.05) is 18.2 Å². The standard InChI is InChI=1S/C14H21Cl2N3/c1-18-7-9-19(10-8-18)6-5-17-11-12-13(15)3-2-4-14(12)16/h2-4,17H,5-11H2,1H3. The fourth-order valence-electron chi connectivity index (χ4n) is 2.22. The van der Waals surface area contributed by atoms with Crippen LogP contribution >= 0.6 is 23.2 Å². The molecule has 0 aliphatic carbocycles. The highest BCUT2D eigenvalue weighted by atomic mass is 35.5. The predicted molar refractivity (Wildman–Crippen MR) is 82.1 cm³/mol.